The summed E-state index contributed by atoms with van der Waals surface area (Å²) in [6, 6.07) is 12.0. The van der Waals surface area contributed by atoms with Gasteiger partial charge in [-0.05, 0) is 72.3 Å². The van der Waals surface area contributed by atoms with Gasteiger partial charge in [-0.3, -0.25) is 19.8 Å². The van der Waals surface area contributed by atoms with Crippen molar-refractivity contribution < 1.29 is 9.72 Å². The van der Waals surface area contributed by atoms with Crippen molar-refractivity contribution in [2.24, 2.45) is 0 Å². The molecule has 3 rings (SSSR count). The van der Waals surface area contributed by atoms with Gasteiger partial charge in [0.05, 0.1) is 16.5 Å². The first-order valence-corrected chi connectivity index (χ1v) is 10.1. The molecule has 1 N–H and O–H groups in total. The van der Waals surface area contributed by atoms with Crippen LogP contribution in [-0.4, -0.2) is 35.4 Å². The highest BCUT2D eigenvalue weighted by atomic mass is 127. The molecule has 27 heavy (non-hydrogen) atoms. The largest absolute Gasteiger partial charge is 0.350 e. The maximum atomic E-state index is 12.6. The van der Waals surface area contributed by atoms with Crippen molar-refractivity contribution in [3.8, 4) is 0 Å². The lowest BCUT2D eigenvalue weighted by atomic mass is 10.1. The van der Waals surface area contributed by atoms with Crippen LogP contribution in [0, 0.1) is 13.7 Å². The van der Waals surface area contributed by atoms with Gasteiger partial charge in [-0.1, -0.05) is 23.7 Å². The standard InChI is InChI=1S/C19H19ClIN3O3/c20-14-5-3-4-13(10-14)18(23-8-1-2-9-23)12-22-19(25)16-7-6-15(24(26)27)11-17(16)21/h3-7,10-11,18H,1-2,8-9,12H2,(H,22,25). The van der Waals surface area contributed by atoms with Crippen LogP contribution in [0.4, 0.5) is 5.69 Å². The summed E-state index contributed by atoms with van der Waals surface area (Å²) in [7, 11) is 0. The minimum atomic E-state index is -0.466. The van der Waals surface area contributed by atoms with Crippen molar-refractivity contribution in [1.29, 1.82) is 0 Å². The third-order valence-corrected chi connectivity index (χ3v) is 5.81. The number of likely N-dealkylation sites (tertiary alicyclic amines) is 1. The van der Waals surface area contributed by atoms with E-state index in [1.807, 2.05) is 46.9 Å². The Kier molecular flexibility index (Phi) is 6.67. The Morgan fingerprint density at radius 2 is 2.00 bits per heavy atom. The lowest BCUT2D eigenvalue weighted by Gasteiger charge is -2.28. The number of hydrogen-bond donors (Lipinski definition) is 1. The van der Waals surface area contributed by atoms with Crippen molar-refractivity contribution in [3.05, 3.63) is 72.3 Å². The molecule has 0 radical (unpaired) electrons. The Labute approximate surface area is 176 Å². The highest BCUT2D eigenvalue weighted by Gasteiger charge is 2.25. The quantitative estimate of drug-likeness (QED) is 0.363. The molecule has 1 aliphatic heterocycles. The van der Waals surface area contributed by atoms with Crippen molar-refractivity contribution >= 4 is 45.8 Å². The van der Waals surface area contributed by atoms with Crippen molar-refractivity contribution in [3.63, 3.8) is 0 Å². The van der Waals surface area contributed by atoms with Gasteiger partial charge in [-0.2, -0.15) is 0 Å². The lowest BCUT2D eigenvalue weighted by Crippen LogP contribution is -2.37. The molecule has 0 aliphatic carbocycles. The molecule has 2 aromatic carbocycles. The van der Waals surface area contributed by atoms with E-state index in [9.17, 15) is 14.9 Å². The van der Waals surface area contributed by atoms with Crippen LogP contribution in [0.3, 0.4) is 0 Å². The Morgan fingerprint density at radius 1 is 1.26 bits per heavy atom. The molecule has 1 aliphatic rings. The van der Waals surface area contributed by atoms with Gasteiger partial charge >= 0.3 is 0 Å². The summed E-state index contributed by atoms with van der Waals surface area (Å²) in [4.78, 5) is 25.4. The van der Waals surface area contributed by atoms with E-state index < -0.39 is 4.92 Å². The maximum absolute atomic E-state index is 12.6. The van der Waals surface area contributed by atoms with Crippen LogP contribution < -0.4 is 5.32 Å². The van der Waals surface area contributed by atoms with E-state index in [4.69, 9.17) is 11.6 Å². The predicted molar refractivity (Wildman–Crippen MR) is 113 cm³/mol. The van der Waals surface area contributed by atoms with Crippen molar-refractivity contribution in [2.45, 2.75) is 18.9 Å². The maximum Gasteiger partial charge on any atom is 0.270 e. The summed E-state index contributed by atoms with van der Waals surface area (Å²) in [5.41, 5.74) is 1.49. The molecule has 1 saturated heterocycles. The number of hydrogen-bond acceptors (Lipinski definition) is 4. The van der Waals surface area contributed by atoms with Crippen LogP contribution in [0.1, 0.15) is 34.8 Å². The number of halogens is 2. The molecule has 6 nitrogen and oxygen atoms in total. The molecule has 2 aromatic rings. The molecule has 0 aromatic heterocycles. The highest BCUT2D eigenvalue weighted by Crippen LogP contribution is 2.27. The molecule has 0 spiro atoms. The number of nitro benzene ring substituents is 1. The summed E-state index contributed by atoms with van der Waals surface area (Å²) < 4.78 is 0.555. The predicted octanol–water partition coefficient (Wildman–Crippen LogP) is 4.42. The zero-order chi connectivity index (χ0) is 19.4. The first kappa shape index (κ1) is 20.0. The molecule has 1 atom stereocenters. The molecule has 1 unspecified atom stereocenters. The number of rotatable bonds is 6. The molecule has 142 valence electrons. The zero-order valence-electron chi connectivity index (χ0n) is 14.5. The lowest BCUT2D eigenvalue weighted by molar-refractivity contribution is -0.384. The van der Waals surface area contributed by atoms with Gasteiger partial charge in [0.15, 0.2) is 0 Å². The topological polar surface area (TPSA) is 75.5 Å². The Bertz CT molecular complexity index is 856. The van der Waals surface area contributed by atoms with E-state index in [0.717, 1.165) is 31.5 Å². The van der Waals surface area contributed by atoms with Crippen LogP contribution in [0.25, 0.3) is 0 Å². The van der Waals surface area contributed by atoms with Gasteiger partial charge in [-0.25, -0.2) is 0 Å². The average molecular weight is 500 g/mol. The van der Waals surface area contributed by atoms with E-state index in [1.54, 1.807) is 0 Å². The van der Waals surface area contributed by atoms with Crippen molar-refractivity contribution in [1.82, 2.24) is 10.2 Å². The van der Waals surface area contributed by atoms with Gasteiger partial charge < -0.3 is 5.32 Å². The van der Waals surface area contributed by atoms with E-state index >= 15 is 0 Å². The summed E-state index contributed by atoms with van der Waals surface area (Å²) in [5.74, 6) is -0.236. The summed E-state index contributed by atoms with van der Waals surface area (Å²) in [6.07, 6.45) is 2.29. The number of nitrogens with one attached hydrogen (secondary N) is 1. The third kappa shape index (κ3) is 4.97. The monoisotopic (exact) mass is 499 g/mol. The fourth-order valence-corrected chi connectivity index (χ4v) is 4.25. The molecular formula is C19H19ClIN3O3. The minimum absolute atomic E-state index is 0.0233. The van der Waals surface area contributed by atoms with Gasteiger partial charge in [0.1, 0.15) is 0 Å². The molecule has 0 bridgehead atoms. The van der Waals surface area contributed by atoms with Crippen LogP contribution in [0.5, 0.6) is 0 Å². The number of nitro groups is 1. The minimum Gasteiger partial charge on any atom is -0.350 e. The molecule has 0 saturated carbocycles. The number of benzene rings is 2. The zero-order valence-corrected chi connectivity index (χ0v) is 17.4. The fraction of sp³-hybridized carbons (Fsp3) is 0.316. The van der Waals surface area contributed by atoms with E-state index in [2.05, 4.69) is 10.2 Å². The van der Waals surface area contributed by atoms with Crippen LogP contribution >= 0.6 is 34.2 Å². The molecular weight excluding hydrogens is 481 g/mol. The van der Waals surface area contributed by atoms with E-state index in [0.29, 0.717) is 20.7 Å². The van der Waals surface area contributed by atoms with Gasteiger partial charge in [-0.15, -0.1) is 0 Å². The Hall–Kier alpha value is -1.71. The fourth-order valence-electron chi connectivity index (χ4n) is 3.31. The second kappa shape index (κ2) is 8.99. The van der Waals surface area contributed by atoms with Gasteiger partial charge in [0.2, 0.25) is 0 Å². The Balaban J connectivity index is 1.75. The second-order valence-corrected chi connectivity index (χ2v) is 8.04. The number of non-ortho nitro benzene ring substituents is 1. The normalized spacial score (nSPS) is 15.5. The summed E-state index contributed by atoms with van der Waals surface area (Å²) in [6.45, 7) is 2.43. The molecule has 1 heterocycles. The summed E-state index contributed by atoms with van der Waals surface area (Å²) in [5, 5.41) is 14.5. The number of carbonyl (C=O) groups is 1. The highest BCUT2D eigenvalue weighted by molar-refractivity contribution is 14.1. The third-order valence-electron chi connectivity index (χ3n) is 4.68. The first-order chi connectivity index (χ1) is 13.0. The smallest absolute Gasteiger partial charge is 0.270 e. The molecule has 8 heteroatoms. The molecule has 1 fully saturated rings. The average Bonchev–Trinajstić information content (AvgIpc) is 3.16. The number of nitrogens with zero attached hydrogens (tertiary/aromatic N) is 2. The van der Waals surface area contributed by atoms with Gasteiger partial charge in [0.25, 0.3) is 11.6 Å². The number of amides is 1. The van der Waals surface area contributed by atoms with Crippen LogP contribution in [-0.2, 0) is 0 Å². The first-order valence-electron chi connectivity index (χ1n) is 8.67. The van der Waals surface area contributed by atoms with Crippen LogP contribution in [0.2, 0.25) is 5.02 Å². The van der Waals surface area contributed by atoms with Gasteiger partial charge in [0, 0.05) is 27.3 Å². The van der Waals surface area contributed by atoms with Crippen molar-refractivity contribution in [2.75, 3.05) is 19.6 Å². The van der Waals surface area contributed by atoms with E-state index in [1.165, 1.54) is 18.2 Å². The SMILES string of the molecule is O=C(NCC(c1cccc(Cl)c1)N1CCCC1)c1ccc([N+](=O)[O-])cc1I. The number of carbonyl (C=O) groups excluding carboxylic acids is 1. The van der Waals surface area contributed by atoms with E-state index in [-0.39, 0.29) is 17.6 Å². The van der Waals surface area contributed by atoms with Crippen LogP contribution in [0.15, 0.2) is 42.5 Å². The second-order valence-electron chi connectivity index (χ2n) is 6.45. The summed E-state index contributed by atoms with van der Waals surface area (Å²) >= 11 is 8.11. The Morgan fingerprint density at radius 3 is 2.63 bits per heavy atom. The molecule has 1 amide bonds.